The van der Waals surface area contributed by atoms with E-state index in [9.17, 15) is 63.3 Å². The topological polar surface area (TPSA) is 464 Å². The van der Waals surface area contributed by atoms with Crippen LogP contribution >= 0.6 is 23.5 Å². The number of phenols is 1. The van der Waals surface area contributed by atoms with Crippen LogP contribution in [-0.4, -0.2) is 183 Å². The second kappa shape index (κ2) is 37.4. The third-order valence-electron chi connectivity index (χ3n) is 12.2. The summed E-state index contributed by atoms with van der Waals surface area (Å²) in [5.74, 6) is -9.75. The van der Waals surface area contributed by atoms with Crippen molar-refractivity contribution >= 4 is 88.7 Å². The third-order valence-corrected chi connectivity index (χ3v) is 13.5. The van der Waals surface area contributed by atoms with E-state index in [1.807, 2.05) is 0 Å². The zero-order valence-corrected chi connectivity index (χ0v) is 46.8. The van der Waals surface area contributed by atoms with Gasteiger partial charge in [-0.3, -0.25) is 48.1 Å². The van der Waals surface area contributed by atoms with Gasteiger partial charge in [0, 0.05) is 19.4 Å². The van der Waals surface area contributed by atoms with Gasteiger partial charge in [0.15, 0.2) is 5.96 Å². The van der Waals surface area contributed by atoms with E-state index in [2.05, 4.69) is 47.5 Å². The summed E-state index contributed by atoms with van der Waals surface area (Å²) in [6.07, 6.45) is 2.01. The van der Waals surface area contributed by atoms with Crippen molar-refractivity contribution in [3.05, 3.63) is 29.8 Å². The summed E-state index contributed by atoms with van der Waals surface area (Å²) in [5.41, 5.74) is 22.9. The lowest BCUT2D eigenvalue weighted by Gasteiger charge is -2.30. The monoisotopic (exact) mass is 1140 g/mol. The number of nitrogens with one attached hydrogen (secondary N) is 8. The van der Waals surface area contributed by atoms with Crippen LogP contribution in [0.15, 0.2) is 29.3 Å². The smallest absolute Gasteiger partial charge is 0.326 e. The van der Waals surface area contributed by atoms with Crippen molar-refractivity contribution in [3.63, 3.8) is 0 Å². The lowest BCUT2D eigenvalue weighted by molar-refractivity contribution is -0.143. The maximum Gasteiger partial charge on any atom is 0.326 e. The van der Waals surface area contributed by atoms with Crippen molar-refractivity contribution in [1.82, 2.24) is 42.5 Å². The molecule has 11 atom stereocenters. The summed E-state index contributed by atoms with van der Waals surface area (Å²) >= 11 is 2.69. The van der Waals surface area contributed by atoms with E-state index in [1.54, 1.807) is 38.5 Å². The summed E-state index contributed by atoms with van der Waals surface area (Å²) in [6.45, 7) is 6.29. The van der Waals surface area contributed by atoms with Crippen LogP contribution in [0.25, 0.3) is 0 Å². The minimum atomic E-state index is -1.68. The van der Waals surface area contributed by atoms with Gasteiger partial charge in [-0.2, -0.15) is 23.5 Å². The van der Waals surface area contributed by atoms with Crippen LogP contribution in [0.5, 0.6) is 5.75 Å². The first-order valence-electron chi connectivity index (χ1n) is 25.6. The van der Waals surface area contributed by atoms with Gasteiger partial charge in [0.1, 0.15) is 54.1 Å². The number of nitrogens with two attached hydrogens (primary N) is 4. The fourth-order valence-electron chi connectivity index (χ4n) is 7.40. The minimum Gasteiger partial charge on any atom is -0.508 e. The standard InChI is InChI=1S/C49H83N13O14S2/c1-7-26(2)38(46(73)57-32(12-10-22-54-49(52)53)41(68)59-35(48(75)76)17-18-37(65)66)61-43(70)31(11-8-9-21-50)55-42(69)33(19-23-77-5)58-47(74)39(28(4)63)62-44(71)34(20-24-78-6)56-45(72)36(60-40(67)27(3)51)25-29-13-15-30(64)16-14-29/h13-16,26-28,31-36,38-39,63-64H,7-12,17-25,50-51H2,1-6H3,(H,55,69)(H,56,72)(H,57,73)(H,58,74)(H,59,68)(H,60,67)(H,61,70)(H,62,71)(H,65,66)(H,75,76)(H4,52,53,54). The Morgan fingerprint density at radius 1 is 0.577 bits per heavy atom. The maximum atomic E-state index is 14.3. The lowest BCUT2D eigenvalue weighted by atomic mass is 9.96. The summed E-state index contributed by atoms with van der Waals surface area (Å²) in [6, 6.07) is -6.35. The predicted molar refractivity (Wildman–Crippen MR) is 295 cm³/mol. The molecular weight excluding hydrogens is 1060 g/mol. The molecule has 0 bridgehead atoms. The average molecular weight is 1140 g/mol. The molecule has 440 valence electrons. The highest BCUT2D eigenvalue weighted by atomic mass is 32.2. The van der Waals surface area contributed by atoms with Gasteiger partial charge in [-0.1, -0.05) is 32.4 Å². The quantitative estimate of drug-likeness (QED) is 0.0180. The molecule has 11 unspecified atom stereocenters. The number of aliphatic carboxylic acids is 2. The highest BCUT2D eigenvalue weighted by molar-refractivity contribution is 7.98. The molecular formula is C49H83N13O14S2. The van der Waals surface area contributed by atoms with Crippen molar-refractivity contribution < 1.29 is 68.4 Å². The number of hydrogen-bond acceptors (Lipinski definition) is 17. The second-order valence-corrected chi connectivity index (χ2v) is 20.7. The first-order chi connectivity index (χ1) is 36.8. The Balaban J connectivity index is 3.50. The largest absolute Gasteiger partial charge is 0.508 e. The summed E-state index contributed by atoms with van der Waals surface area (Å²) in [4.78, 5) is 138. The molecule has 1 rings (SSSR count). The van der Waals surface area contributed by atoms with Crippen LogP contribution in [-0.2, 0) is 54.4 Å². The normalized spacial score (nSPS) is 15.3. The number of rotatable bonds is 39. The molecule has 20 N–H and O–H groups in total. The molecule has 1 aromatic rings. The van der Waals surface area contributed by atoms with Gasteiger partial charge in [-0.25, -0.2) is 4.79 Å². The number of nitrogens with zero attached hydrogens (tertiary/aromatic N) is 1. The number of thioether (sulfide) groups is 2. The molecule has 0 radical (unpaired) electrons. The number of carbonyl (C=O) groups is 10. The van der Waals surface area contributed by atoms with E-state index in [-0.39, 0.29) is 63.3 Å². The zero-order chi connectivity index (χ0) is 59.1. The molecule has 8 amide bonds. The van der Waals surface area contributed by atoms with Gasteiger partial charge in [-0.05, 0) is 119 Å². The van der Waals surface area contributed by atoms with E-state index in [1.165, 1.54) is 49.5 Å². The molecule has 0 fully saturated rings. The van der Waals surface area contributed by atoms with Crippen molar-refractivity contribution in [2.24, 2.45) is 33.8 Å². The summed E-state index contributed by atoms with van der Waals surface area (Å²) in [7, 11) is 0. The molecule has 1 aromatic carbocycles. The van der Waals surface area contributed by atoms with Gasteiger partial charge < -0.3 is 85.9 Å². The Morgan fingerprint density at radius 2 is 1.01 bits per heavy atom. The minimum absolute atomic E-state index is 0.00188. The van der Waals surface area contributed by atoms with Crippen LogP contribution in [0, 0.1) is 5.92 Å². The number of aliphatic imine (C=N–C) groups is 1. The number of aliphatic hydroxyl groups excluding tert-OH is 1. The van der Waals surface area contributed by atoms with Crippen LogP contribution in [0.1, 0.15) is 97.5 Å². The van der Waals surface area contributed by atoms with Crippen molar-refractivity contribution in [2.75, 3.05) is 37.1 Å². The molecule has 0 heterocycles. The molecule has 0 aliphatic rings. The molecule has 29 heteroatoms. The molecule has 78 heavy (non-hydrogen) atoms. The van der Waals surface area contributed by atoms with Crippen molar-refractivity contribution in [1.29, 1.82) is 0 Å². The van der Waals surface area contributed by atoms with E-state index in [0.29, 0.717) is 36.3 Å². The highest BCUT2D eigenvalue weighted by Crippen LogP contribution is 2.15. The number of benzene rings is 1. The van der Waals surface area contributed by atoms with Crippen molar-refractivity contribution in [3.8, 4) is 5.75 Å². The van der Waals surface area contributed by atoms with Crippen LogP contribution in [0.3, 0.4) is 0 Å². The van der Waals surface area contributed by atoms with E-state index < -0.39 is 138 Å². The number of hydrogen-bond donors (Lipinski definition) is 16. The fourth-order valence-corrected chi connectivity index (χ4v) is 8.35. The molecule has 0 aliphatic heterocycles. The Bertz CT molecular complexity index is 2150. The molecule has 0 aliphatic carbocycles. The Labute approximate surface area is 463 Å². The first-order valence-corrected chi connectivity index (χ1v) is 28.4. The Kier molecular flexibility index (Phi) is 33.4. The van der Waals surface area contributed by atoms with Gasteiger partial charge >= 0.3 is 11.9 Å². The summed E-state index contributed by atoms with van der Waals surface area (Å²) in [5, 5.41) is 60.0. The number of carboxylic acids is 2. The SMILES string of the molecule is CCC(C)C(NC(=O)C(CCCCN)NC(=O)C(CCSC)NC(=O)C(NC(=O)C(CCSC)NC(=O)C(Cc1ccc(O)cc1)NC(=O)C(C)N)C(C)O)C(=O)NC(CCCN=C(N)N)C(=O)NC(CCC(=O)O)C(=O)O. The van der Waals surface area contributed by atoms with Gasteiger partial charge in [0.25, 0.3) is 0 Å². The highest BCUT2D eigenvalue weighted by Gasteiger charge is 2.37. The molecule has 0 spiro atoms. The fraction of sp³-hybridized carbons (Fsp3) is 0.653. The van der Waals surface area contributed by atoms with Crippen LogP contribution in [0.4, 0.5) is 0 Å². The lowest BCUT2D eigenvalue weighted by Crippen LogP contribution is -2.62. The summed E-state index contributed by atoms with van der Waals surface area (Å²) < 4.78 is 0. The number of amides is 8. The van der Waals surface area contributed by atoms with Crippen molar-refractivity contribution in [2.45, 2.75) is 159 Å². The first kappa shape index (κ1) is 69.6. The number of carboxylic acid groups (broad SMARTS) is 2. The second-order valence-electron chi connectivity index (χ2n) is 18.7. The number of aliphatic hydroxyl groups is 1. The van der Waals surface area contributed by atoms with Gasteiger partial charge in [0.05, 0.1) is 12.1 Å². The molecule has 0 saturated heterocycles. The number of unbranched alkanes of at least 4 members (excludes halogenated alkanes) is 1. The number of phenolic OH excluding ortho intramolecular Hbond substituents is 1. The number of guanidine groups is 1. The zero-order valence-electron chi connectivity index (χ0n) is 45.2. The molecule has 0 saturated carbocycles. The number of aromatic hydroxyl groups is 1. The predicted octanol–water partition coefficient (Wildman–Crippen LogP) is -2.77. The number of carbonyl (C=O) groups excluding carboxylic acids is 8. The van der Waals surface area contributed by atoms with Crippen LogP contribution in [0.2, 0.25) is 0 Å². The van der Waals surface area contributed by atoms with Gasteiger partial charge in [0.2, 0.25) is 47.3 Å². The average Bonchev–Trinajstić information content (AvgIpc) is 3.38. The van der Waals surface area contributed by atoms with E-state index in [4.69, 9.17) is 28.0 Å². The Morgan fingerprint density at radius 3 is 1.46 bits per heavy atom. The maximum absolute atomic E-state index is 14.3. The molecule has 27 nitrogen and oxygen atoms in total. The van der Waals surface area contributed by atoms with Crippen LogP contribution < -0.4 is 65.5 Å². The van der Waals surface area contributed by atoms with E-state index in [0.717, 1.165) is 0 Å². The Hall–Kier alpha value is -6.43. The molecule has 0 aromatic heterocycles. The van der Waals surface area contributed by atoms with Gasteiger partial charge in [-0.15, -0.1) is 0 Å². The third kappa shape index (κ3) is 26.8. The van der Waals surface area contributed by atoms with E-state index >= 15 is 0 Å².